The molecule has 102 valence electrons. The summed E-state index contributed by atoms with van der Waals surface area (Å²) in [4.78, 5) is 0. The zero-order chi connectivity index (χ0) is 13.6. The lowest BCUT2D eigenvalue weighted by molar-refractivity contribution is 0.620. The molecule has 19 heavy (non-hydrogen) atoms. The smallest absolute Gasteiger partial charge is 0.0526 e. The van der Waals surface area contributed by atoms with Gasteiger partial charge in [0.2, 0.25) is 0 Å². The van der Waals surface area contributed by atoms with Gasteiger partial charge in [-0.05, 0) is 71.8 Å². The molecule has 1 unspecified atom stereocenters. The van der Waals surface area contributed by atoms with Crippen LogP contribution in [0.15, 0.2) is 16.6 Å². The van der Waals surface area contributed by atoms with Gasteiger partial charge in [0.15, 0.2) is 0 Å². The van der Waals surface area contributed by atoms with Gasteiger partial charge in [0.05, 0.1) is 5.52 Å². The molecular weight excluding hydrogens is 300 g/mol. The zero-order valence-electron chi connectivity index (χ0n) is 11.7. The molecule has 0 saturated heterocycles. The highest BCUT2D eigenvalue weighted by Crippen LogP contribution is 2.38. The second kappa shape index (κ2) is 4.95. The highest BCUT2D eigenvalue weighted by atomic mass is 79.9. The van der Waals surface area contributed by atoms with Gasteiger partial charge in [-0.3, -0.25) is 0 Å². The summed E-state index contributed by atoms with van der Waals surface area (Å²) >= 11 is 3.78. The number of aromatic nitrogens is 1. The predicted octanol–water partition coefficient (Wildman–Crippen LogP) is 4.11. The van der Waals surface area contributed by atoms with E-state index in [0.29, 0.717) is 5.92 Å². The van der Waals surface area contributed by atoms with Gasteiger partial charge in [-0.2, -0.15) is 0 Å². The van der Waals surface area contributed by atoms with Crippen molar-refractivity contribution in [3.8, 4) is 0 Å². The minimum atomic E-state index is 0.545. The van der Waals surface area contributed by atoms with Crippen LogP contribution in [0.25, 0.3) is 10.9 Å². The van der Waals surface area contributed by atoms with Crippen LogP contribution in [0, 0.1) is 6.92 Å². The Hall–Kier alpha value is -0.800. The Labute approximate surface area is 123 Å². The Kier molecular flexibility index (Phi) is 3.44. The molecule has 1 aromatic carbocycles. The first-order chi connectivity index (χ1) is 9.13. The van der Waals surface area contributed by atoms with E-state index in [4.69, 9.17) is 5.73 Å². The van der Waals surface area contributed by atoms with Crippen molar-refractivity contribution in [1.29, 1.82) is 0 Å². The first-order valence-electron chi connectivity index (χ1n) is 7.14. The molecule has 2 aromatic rings. The molecule has 0 fully saturated rings. The molecule has 2 heterocycles. The molecule has 2 N–H and O–H groups in total. The van der Waals surface area contributed by atoms with E-state index >= 15 is 0 Å². The van der Waals surface area contributed by atoms with Crippen LogP contribution in [0.1, 0.15) is 42.5 Å². The maximum absolute atomic E-state index is 5.71. The van der Waals surface area contributed by atoms with Gasteiger partial charge in [0.25, 0.3) is 0 Å². The number of aryl methyl sites for hydroxylation is 2. The molecule has 3 heteroatoms. The quantitative estimate of drug-likeness (QED) is 0.906. The van der Waals surface area contributed by atoms with E-state index in [1.165, 1.54) is 45.0 Å². The summed E-state index contributed by atoms with van der Waals surface area (Å²) in [5, 5.41) is 1.38. The van der Waals surface area contributed by atoms with Gasteiger partial charge in [-0.25, -0.2) is 0 Å². The highest BCUT2D eigenvalue weighted by Gasteiger charge is 2.20. The highest BCUT2D eigenvalue weighted by molar-refractivity contribution is 9.10. The maximum atomic E-state index is 5.71. The zero-order valence-corrected chi connectivity index (χ0v) is 13.3. The lowest BCUT2D eigenvalue weighted by Gasteiger charge is -2.19. The summed E-state index contributed by atoms with van der Waals surface area (Å²) in [5.41, 5.74) is 11.5. The standard InChI is InChI=1S/C16H21BrN2/c1-10(5-6-18)13-8-12-4-3-7-19-11(2)15(17)14(9-13)16(12)19/h8-10H,3-7,18H2,1-2H3. The van der Waals surface area contributed by atoms with Gasteiger partial charge in [0.1, 0.15) is 0 Å². The van der Waals surface area contributed by atoms with Gasteiger partial charge >= 0.3 is 0 Å². The van der Waals surface area contributed by atoms with Gasteiger partial charge in [-0.15, -0.1) is 0 Å². The molecule has 0 bridgehead atoms. The van der Waals surface area contributed by atoms with E-state index in [0.717, 1.165) is 19.5 Å². The van der Waals surface area contributed by atoms with Crippen molar-refractivity contribution in [2.75, 3.05) is 6.54 Å². The van der Waals surface area contributed by atoms with Crippen LogP contribution in [-0.4, -0.2) is 11.1 Å². The third kappa shape index (κ3) is 2.03. The number of hydrogen-bond donors (Lipinski definition) is 1. The molecular formula is C16H21BrN2. The third-order valence-electron chi connectivity index (χ3n) is 4.44. The van der Waals surface area contributed by atoms with E-state index in [1.807, 2.05) is 0 Å². The second-order valence-corrected chi connectivity index (χ2v) is 6.50. The Morgan fingerprint density at radius 2 is 2.21 bits per heavy atom. The molecule has 0 aliphatic carbocycles. The Balaban J connectivity index is 2.23. The molecule has 0 amide bonds. The summed E-state index contributed by atoms with van der Waals surface area (Å²) < 4.78 is 3.74. The summed E-state index contributed by atoms with van der Waals surface area (Å²) in [5.74, 6) is 0.545. The third-order valence-corrected chi connectivity index (χ3v) is 5.44. The number of benzene rings is 1. The number of nitrogens with two attached hydrogens (primary N) is 1. The number of halogens is 1. The SMILES string of the molecule is Cc1c(Br)c2cc(C(C)CCN)cc3c2n1CCC3. The molecule has 0 spiro atoms. The van der Waals surface area contributed by atoms with E-state index in [-0.39, 0.29) is 0 Å². The molecule has 2 nitrogen and oxygen atoms in total. The Morgan fingerprint density at radius 1 is 1.42 bits per heavy atom. The average Bonchev–Trinajstić information content (AvgIpc) is 2.66. The van der Waals surface area contributed by atoms with Gasteiger partial charge in [-0.1, -0.05) is 13.0 Å². The first-order valence-corrected chi connectivity index (χ1v) is 7.94. The van der Waals surface area contributed by atoms with E-state index in [9.17, 15) is 0 Å². The minimum absolute atomic E-state index is 0.545. The first kappa shape index (κ1) is 13.2. The average molecular weight is 321 g/mol. The van der Waals surface area contributed by atoms with E-state index in [1.54, 1.807) is 0 Å². The largest absolute Gasteiger partial charge is 0.343 e. The predicted molar refractivity (Wildman–Crippen MR) is 84.8 cm³/mol. The molecule has 1 aliphatic rings. The lowest BCUT2D eigenvalue weighted by atomic mass is 9.92. The fourth-order valence-corrected chi connectivity index (χ4v) is 3.80. The van der Waals surface area contributed by atoms with Crippen LogP contribution in [0.4, 0.5) is 0 Å². The molecule has 3 rings (SSSR count). The normalized spacial score (nSPS) is 16.0. The number of rotatable bonds is 3. The molecule has 1 aromatic heterocycles. The number of nitrogens with zero attached hydrogens (tertiary/aromatic N) is 1. The lowest BCUT2D eigenvalue weighted by Crippen LogP contribution is -2.10. The Bertz CT molecular complexity index is 627. The van der Waals surface area contributed by atoms with Crippen LogP contribution in [0.3, 0.4) is 0 Å². The van der Waals surface area contributed by atoms with Crippen LogP contribution in [0.2, 0.25) is 0 Å². The van der Waals surface area contributed by atoms with Crippen molar-refractivity contribution < 1.29 is 0 Å². The van der Waals surface area contributed by atoms with Crippen molar-refractivity contribution >= 4 is 26.8 Å². The van der Waals surface area contributed by atoms with Crippen molar-refractivity contribution in [2.24, 2.45) is 5.73 Å². The molecule has 0 saturated carbocycles. The number of hydrogen-bond acceptors (Lipinski definition) is 1. The molecule has 1 aliphatic heterocycles. The van der Waals surface area contributed by atoms with Gasteiger partial charge < -0.3 is 10.3 Å². The minimum Gasteiger partial charge on any atom is -0.343 e. The van der Waals surface area contributed by atoms with Gasteiger partial charge in [0, 0.05) is 22.1 Å². The van der Waals surface area contributed by atoms with Crippen molar-refractivity contribution in [3.05, 3.63) is 33.4 Å². The molecule has 1 atom stereocenters. The summed E-state index contributed by atoms with van der Waals surface area (Å²) in [7, 11) is 0. The summed E-state index contributed by atoms with van der Waals surface area (Å²) in [6.45, 7) is 6.40. The summed E-state index contributed by atoms with van der Waals surface area (Å²) in [6.07, 6.45) is 3.51. The van der Waals surface area contributed by atoms with E-state index < -0.39 is 0 Å². The topological polar surface area (TPSA) is 30.9 Å². The van der Waals surface area contributed by atoms with Crippen LogP contribution < -0.4 is 5.73 Å². The van der Waals surface area contributed by atoms with E-state index in [2.05, 4.69) is 46.5 Å². The second-order valence-electron chi connectivity index (χ2n) is 5.71. The van der Waals surface area contributed by atoms with Crippen molar-refractivity contribution in [1.82, 2.24) is 4.57 Å². The maximum Gasteiger partial charge on any atom is 0.0526 e. The van der Waals surface area contributed by atoms with Crippen molar-refractivity contribution in [2.45, 2.75) is 45.6 Å². The fourth-order valence-electron chi connectivity index (χ4n) is 3.29. The Morgan fingerprint density at radius 3 is 2.95 bits per heavy atom. The summed E-state index contributed by atoms with van der Waals surface area (Å²) in [6, 6.07) is 4.77. The van der Waals surface area contributed by atoms with Crippen LogP contribution in [-0.2, 0) is 13.0 Å². The van der Waals surface area contributed by atoms with Crippen LogP contribution in [0.5, 0.6) is 0 Å². The fraction of sp³-hybridized carbons (Fsp3) is 0.500. The monoisotopic (exact) mass is 320 g/mol. The van der Waals surface area contributed by atoms with Crippen molar-refractivity contribution in [3.63, 3.8) is 0 Å². The van der Waals surface area contributed by atoms with Crippen LogP contribution >= 0.6 is 15.9 Å². The molecule has 0 radical (unpaired) electrons.